The molecule has 1 N–H and O–H groups in total. The highest BCUT2D eigenvalue weighted by Crippen LogP contribution is 2.30. The van der Waals surface area contributed by atoms with Crippen LogP contribution in [-0.4, -0.2) is 57.6 Å². The minimum Gasteiger partial charge on any atom is -0.495 e. The van der Waals surface area contributed by atoms with Gasteiger partial charge in [-0.2, -0.15) is 0 Å². The lowest BCUT2D eigenvalue weighted by Gasteiger charge is -2.31. The van der Waals surface area contributed by atoms with Crippen LogP contribution in [0, 0.1) is 0 Å². The van der Waals surface area contributed by atoms with Crippen LogP contribution in [0.2, 0.25) is 10.0 Å². The molecule has 0 fully saturated rings. The standard InChI is InChI=1S/C27H37Cl2N3O5S/c1-5-7-17-30-27(34)23(6-2)31(19-20-21(28)12-10-13-22(20)29)26(33)16-11-18-32(38(4,35)36)24-14-8-9-15-25(24)37-3/h8-10,12-15,23H,5-7,11,16-19H2,1-4H3,(H,30,34)/t23-/m0/s1. The van der Waals surface area contributed by atoms with Gasteiger partial charge in [0.05, 0.1) is 19.1 Å². The molecule has 0 spiro atoms. The molecule has 8 nitrogen and oxygen atoms in total. The number of carbonyl (C=O) groups excluding carboxylic acids is 2. The highest BCUT2D eigenvalue weighted by atomic mass is 35.5. The largest absolute Gasteiger partial charge is 0.495 e. The Morgan fingerprint density at radius 1 is 1.03 bits per heavy atom. The van der Waals surface area contributed by atoms with Crippen LogP contribution >= 0.6 is 23.2 Å². The monoisotopic (exact) mass is 585 g/mol. The first-order valence-corrected chi connectivity index (χ1v) is 15.3. The summed E-state index contributed by atoms with van der Waals surface area (Å²) in [5.41, 5.74) is 0.946. The van der Waals surface area contributed by atoms with Gasteiger partial charge in [0.2, 0.25) is 21.8 Å². The van der Waals surface area contributed by atoms with Gasteiger partial charge in [0.25, 0.3) is 0 Å². The Morgan fingerprint density at radius 2 is 1.68 bits per heavy atom. The molecule has 1 atom stereocenters. The number of halogens is 2. The second kappa shape index (κ2) is 15.2. The second-order valence-corrected chi connectivity index (χ2v) is 11.6. The third kappa shape index (κ3) is 8.78. The van der Waals surface area contributed by atoms with E-state index in [1.807, 2.05) is 13.8 Å². The first-order chi connectivity index (χ1) is 18.0. The van der Waals surface area contributed by atoms with Crippen LogP contribution in [0.4, 0.5) is 5.69 Å². The number of nitrogens with zero attached hydrogens (tertiary/aromatic N) is 2. The minimum absolute atomic E-state index is 0.0159. The van der Waals surface area contributed by atoms with Crippen LogP contribution in [0.25, 0.3) is 0 Å². The van der Waals surface area contributed by atoms with Crippen molar-refractivity contribution < 1.29 is 22.7 Å². The van der Waals surface area contributed by atoms with Gasteiger partial charge in [-0.25, -0.2) is 8.42 Å². The van der Waals surface area contributed by atoms with Gasteiger partial charge >= 0.3 is 0 Å². The van der Waals surface area contributed by atoms with E-state index in [0.29, 0.717) is 40.0 Å². The molecule has 0 radical (unpaired) electrons. The number of para-hydroxylation sites is 2. The van der Waals surface area contributed by atoms with E-state index in [9.17, 15) is 18.0 Å². The number of methoxy groups -OCH3 is 1. The van der Waals surface area contributed by atoms with Gasteiger partial charge in [-0.1, -0.05) is 61.7 Å². The van der Waals surface area contributed by atoms with Crippen LogP contribution in [0.3, 0.4) is 0 Å². The van der Waals surface area contributed by atoms with E-state index >= 15 is 0 Å². The van der Waals surface area contributed by atoms with Crippen molar-refractivity contribution in [3.8, 4) is 5.75 Å². The highest BCUT2D eigenvalue weighted by Gasteiger charge is 2.30. The van der Waals surface area contributed by atoms with Gasteiger partial charge in [0.15, 0.2) is 0 Å². The van der Waals surface area contributed by atoms with Crippen molar-refractivity contribution in [3.63, 3.8) is 0 Å². The molecule has 2 aromatic carbocycles. The van der Waals surface area contributed by atoms with Gasteiger partial charge in [-0.05, 0) is 43.5 Å². The molecule has 0 bridgehead atoms. The minimum atomic E-state index is -3.65. The zero-order valence-corrected chi connectivity index (χ0v) is 24.7. The number of ether oxygens (including phenoxy) is 1. The average molecular weight is 587 g/mol. The number of carbonyl (C=O) groups is 2. The molecule has 38 heavy (non-hydrogen) atoms. The maximum atomic E-state index is 13.6. The number of rotatable bonds is 15. The molecule has 0 aliphatic rings. The smallest absolute Gasteiger partial charge is 0.242 e. The van der Waals surface area contributed by atoms with E-state index in [0.717, 1.165) is 19.1 Å². The molecule has 0 saturated carbocycles. The van der Waals surface area contributed by atoms with E-state index in [2.05, 4.69) is 5.32 Å². The molecule has 2 rings (SSSR count). The second-order valence-electron chi connectivity index (χ2n) is 8.90. The van der Waals surface area contributed by atoms with Crippen molar-refractivity contribution >= 4 is 50.7 Å². The van der Waals surface area contributed by atoms with Crippen molar-refractivity contribution in [2.45, 2.75) is 58.5 Å². The van der Waals surface area contributed by atoms with Crippen LogP contribution in [0.15, 0.2) is 42.5 Å². The molecule has 0 unspecified atom stereocenters. The lowest BCUT2D eigenvalue weighted by atomic mass is 10.1. The fourth-order valence-electron chi connectivity index (χ4n) is 4.10. The molecule has 0 aliphatic heterocycles. The van der Waals surface area contributed by atoms with Crippen LogP contribution < -0.4 is 14.4 Å². The number of hydrogen-bond acceptors (Lipinski definition) is 5. The van der Waals surface area contributed by atoms with Crippen molar-refractivity contribution in [1.29, 1.82) is 0 Å². The predicted molar refractivity (Wildman–Crippen MR) is 153 cm³/mol. The number of benzene rings is 2. The van der Waals surface area contributed by atoms with Gasteiger partial charge in [0, 0.05) is 41.7 Å². The van der Waals surface area contributed by atoms with Crippen molar-refractivity contribution in [3.05, 3.63) is 58.1 Å². The Bertz CT molecular complexity index is 1170. The fraction of sp³-hybridized carbons (Fsp3) is 0.481. The molecule has 0 aromatic heterocycles. The van der Waals surface area contributed by atoms with E-state index in [-0.39, 0.29) is 37.7 Å². The lowest BCUT2D eigenvalue weighted by Crippen LogP contribution is -2.49. The third-order valence-corrected chi connectivity index (χ3v) is 8.00. The topological polar surface area (TPSA) is 96.0 Å². The zero-order chi connectivity index (χ0) is 28.3. The molecule has 210 valence electrons. The summed E-state index contributed by atoms with van der Waals surface area (Å²) in [6, 6.07) is 11.2. The SMILES string of the molecule is CCCCNC(=O)[C@H](CC)N(Cc1c(Cl)cccc1Cl)C(=O)CCCN(c1ccccc1OC)S(C)(=O)=O. The maximum Gasteiger partial charge on any atom is 0.242 e. The molecular formula is C27H37Cl2N3O5S. The van der Waals surface area contributed by atoms with Crippen molar-refractivity contribution in [2.24, 2.45) is 0 Å². The summed E-state index contributed by atoms with van der Waals surface area (Å²) in [5, 5.41) is 3.71. The van der Waals surface area contributed by atoms with Crippen LogP contribution in [-0.2, 0) is 26.2 Å². The van der Waals surface area contributed by atoms with Gasteiger partial charge in [0.1, 0.15) is 11.8 Å². The first kappa shape index (κ1) is 31.7. The summed E-state index contributed by atoms with van der Waals surface area (Å²) in [6.07, 6.45) is 3.50. The van der Waals surface area contributed by atoms with Gasteiger partial charge < -0.3 is 15.0 Å². The molecule has 0 aliphatic carbocycles. The molecule has 11 heteroatoms. The van der Waals surface area contributed by atoms with E-state index < -0.39 is 16.1 Å². The Kier molecular flexibility index (Phi) is 12.7. The summed E-state index contributed by atoms with van der Waals surface area (Å²) >= 11 is 12.8. The average Bonchev–Trinajstić information content (AvgIpc) is 2.87. The van der Waals surface area contributed by atoms with Gasteiger partial charge in [-0.15, -0.1) is 0 Å². The van der Waals surface area contributed by atoms with E-state index in [1.54, 1.807) is 42.5 Å². The number of anilines is 1. The van der Waals surface area contributed by atoms with Crippen LogP contribution in [0.1, 0.15) is 51.5 Å². The predicted octanol–water partition coefficient (Wildman–Crippen LogP) is 5.27. The summed E-state index contributed by atoms with van der Waals surface area (Å²) < 4.78 is 31.7. The number of sulfonamides is 1. The maximum absolute atomic E-state index is 13.6. The Morgan fingerprint density at radius 3 is 2.26 bits per heavy atom. The van der Waals surface area contributed by atoms with Gasteiger partial charge in [-0.3, -0.25) is 13.9 Å². The zero-order valence-electron chi connectivity index (χ0n) is 22.4. The quantitative estimate of drug-likeness (QED) is 0.287. The summed E-state index contributed by atoms with van der Waals surface area (Å²) in [4.78, 5) is 28.1. The third-order valence-electron chi connectivity index (χ3n) is 6.11. The summed E-state index contributed by atoms with van der Waals surface area (Å²) in [6.45, 7) is 4.50. The Hall–Kier alpha value is -2.49. The van der Waals surface area contributed by atoms with E-state index in [4.69, 9.17) is 27.9 Å². The summed E-state index contributed by atoms with van der Waals surface area (Å²) in [7, 11) is -2.18. The number of hydrogen-bond donors (Lipinski definition) is 1. The Balaban J connectivity index is 2.28. The Labute approximate surface area is 236 Å². The lowest BCUT2D eigenvalue weighted by molar-refractivity contribution is -0.141. The van der Waals surface area contributed by atoms with Crippen molar-refractivity contribution in [1.82, 2.24) is 10.2 Å². The molecule has 2 aromatic rings. The molecule has 2 amide bonds. The highest BCUT2D eigenvalue weighted by molar-refractivity contribution is 7.92. The van der Waals surface area contributed by atoms with E-state index in [1.165, 1.54) is 16.3 Å². The number of amides is 2. The molecule has 0 saturated heterocycles. The fourth-order valence-corrected chi connectivity index (χ4v) is 5.58. The normalized spacial score (nSPS) is 12.1. The molecule has 0 heterocycles. The number of nitrogens with one attached hydrogen (secondary N) is 1. The first-order valence-electron chi connectivity index (χ1n) is 12.7. The molecular weight excluding hydrogens is 549 g/mol. The van der Waals surface area contributed by atoms with Crippen molar-refractivity contribution in [2.75, 3.05) is 30.8 Å². The summed E-state index contributed by atoms with van der Waals surface area (Å²) in [5.74, 6) is -0.134. The van der Waals surface area contributed by atoms with Crippen LogP contribution in [0.5, 0.6) is 5.75 Å². The number of unbranched alkanes of at least 4 members (excludes halogenated alkanes) is 1.